The fourth-order valence-electron chi connectivity index (χ4n) is 2.79. The third-order valence-corrected chi connectivity index (χ3v) is 5.68. The van der Waals surface area contributed by atoms with Crippen LogP contribution in [0.1, 0.15) is 19.3 Å². The highest BCUT2D eigenvalue weighted by atomic mass is 32.2. The molecule has 16 heavy (non-hydrogen) atoms. The van der Waals surface area contributed by atoms with Crippen LogP contribution >= 0.6 is 0 Å². The number of hydrogen-bond donors (Lipinski definition) is 1. The number of rotatable bonds is 3. The van der Waals surface area contributed by atoms with Crippen molar-refractivity contribution in [2.75, 3.05) is 38.2 Å². The summed E-state index contributed by atoms with van der Waals surface area (Å²) in [6.45, 7) is 3.21. The average Bonchev–Trinajstić information content (AvgIpc) is 2.59. The largest absolute Gasteiger partial charge is 0.317 e. The van der Waals surface area contributed by atoms with Crippen molar-refractivity contribution in [3.8, 4) is 0 Å². The SMILES string of the molecule is CNC1CCN(CC2CCS(=O)(=O)C2)CC1. The molecule has 1 atom stereocenters. The number of piperidine rings is 1. The predicted molar refractivity (Wildman–Crippen MR) is 65.3 cm³/mol. The van der Waals surface area contributed by atoms with Crippen molar-refractivity contribution in [2.45, 2.75) is 25.3 Å². The summed E-state index contributed by atoms with van der Waals surface area (Å²) in [4.78, 5) is 2.43. The molecular weight excluding hydrogens is 224 g/mol. The number of likely N-dealkylation sites (tertiary alicyclic amines) is 1. The number of nitrogens with zero attached hydrogens (tertiary/aromatic N) is 1. The van der Waals surface area contributed by atoms with Gasteiger partial charge in [-0.15, -0.1) is 0 Å². The predicted octanol–water partition coefficient (Wildman–Crippen LogP) is 0.105. The topological polar surface area (TPSA) is 49.4 Å². The maximum atomic E-state index is 11.4. The van der Waals surface area contributed by atoms with Crippen molar-refractivity contribution in [1.82, 2.24) is 10.2 Å². The minimum absolute atomic E-state index is 0.385. The molecule has 0 aromatic heterocycles. The summed E-state index contributed by atoms with van der Waals surface area (Å²) >= 11 is 0. The molecule has 0 amide bonds. The molecule has 2 saturated heterocycles. The van der Waals surface area contributed by atoms with E-state index in [1.54, 1.807) is 0 Å². The monoisotopic (exact) mass is 246 g/mol. The van der Waals surface area contributed by atoms with Crippen molar-refractivity contribution in [3.05, 3.63) is 0 Å². The lowest BCUT2D eigenvalue weighted by molar-refractivity contribution is 0.180. The van der Waals surface area contributed by atoms with E-state index in [0.29, 0.717) is 23.5 Å². The molecule has 0 bridgehead atoms. The van der Waals surface area contributed by atoms with Gasteiger partial charge < -0.3 is 10.2 Å². The molecule has 0 radical (unpaired) electrons. The molecule has 0 saturated carbocycles. The molecular formula is C11H22N2O2S. The van der Waals surface area contributed by atoms with E-state index in [0.717, 1.165) is 26.1 Å². The zero-order chi connectivity index (χ0) is 11.6. The summed E-state index contributed by atoms with van der Waals surface area (Å²) in [6.07, 6.45) is 3.25. The minimum atomic E-state index is -2.70. The standard InChI is InChI=1S/C11H22N2O2S/c1-12-11-2-5-13(6-3-11)8-10-4-7-16(14,15)9-10/h10-12H,2-9H2,1H3. The Hall–Kier alpha value is -0.130. The first kappa shape index (κ1) is 12.3. The van der Waals surface area contributed by atoms with Crippen LogP contribution in [-0.2, 0) is 9.84 Å². The van der Waals surface area contributed by atoms with Crippen LogP contribution in [0.2, 0.25) is 0 Å². The van der Waals surface area contributed by atoms with E-state index in [-0.39, 0.29) is 0 Å². The van der Waals surface area contributed by atoms with E-state index in [9.17, 15) is 8.42 Å². The highest BCUT2D eigenvalue weighted by Gasteiger charge is 2.30. The van der Waals surface area contributed by atoms with Gasteiger partial charge in [0.15, 0.2) is 9.84 Å². The maximum Gasteiger partial charge on any atom is 0.150 e. The zero-order valence-electron chi connectivity index (χ0n) is 9.98. The van der Waals surface area contributed by atoms with Crippen molar-refractivity contribution in [1.29, 1.82) is 0 Å². The molecule has 2 rings (SSSR count). The summed E-state index contributed by atoms with van der Waals surface area (Å²) < 4.78 is 22.7. The van der Waals surface area contributed by atoms with Gasteiger partial charge in [0.1, 0.15) is 0 Å². The second-order valence-electron chi connectivity index (χ2n) is 5.13. The summed E-state index contributed by atoms with van der Waals surface area (Å²) in [6, 6.07) is 0.656. The zero-order valence-corrected chi connectivity index (χ0v) is 10.8. The Morgan fingerprint density at radius 2 is 1.94 bits per heavy atom. The van der Waals surface area contributed by atoms with Crippen LogP contribution in [0.4, 0.5) is 0 Å². The molecule has 2 aliphatic heterocycles. The highest BCUT2D eigenvalue weighted by molar-refractivity contribution is 7.91. The second-order valence-corrected chi connectivity index (χ2v) is 7.36. The summed E-state index contributed by atoms with van der Waals surface area (Å²) in [7, 11) is -0.683. The van der Waals surface area contributed by atoms with E-state index in [1.807, 2.05) is 7.05 Å². The molecule has 2 fully saturated rings. The first-order chi connectivity index (χ1) is 7.59. The molecule has 4 nitrogen and oxygen atoms in total. The first-order valence-corrected chi connectivity index (χ1v) is 8.01. The minimum Gasteiger partial charge on any atom is -0.317 e. The third-order valence-electron chi connectivity index (χ3n) is 3.84. The van der Waals surface area contributed by atoms with Crippen LogP contribution in [0.3, 0.4) is 0 Å². The average molecular weight is 246 g/mol. The third kappa shape index (κ3) is 3.18. The van der Waals surface area contributed by atoms with E-state index < -0.39 is 9.84 Å². The van der Waals surface area contributed by atoms with Gasteiger partial charge in [0.25, 0.3) is 0 Å². The Morgan fingerprint density at radius 1 is 1.25 bits per heavy atom. The summed E-state index contributed by atoms with van der Waals surface area (Å²) in [5.41, 5.74) is 0. The quantitative estimate of drug-likeness (QED) is 0.767. The van der Waals surface area contributed by atoms with Gasteiger partial charge >= 0.3 is 0 Å². The van der Waals surface area contributed by atoms with Gasteiger partial charge in [-0.2, -0.15) is 0 Å². The summed E-state index contributed by atoms with van der Waals surface area (Å²) in [5.74, 6) is 1.21. The molecule has 0 aliphatic carbocycles. The van der Waals surface area contributed by atoms with Crippen molar-refractivity contribution in [2.24, 2.45) is 5.92 Å². The molecule has 1 unspecified atom stereocenters. The van der Waals surface area contributed by atoms with Crippen LogP contribution in [0.5, 0.6) is 0 Å². The molecule has 2 heterocycles. The number of sulfone groups is 1. The van der Waals surface area contributed by atoms with Crippen LogP contribution in [0, 0.1) is 5.92 Å². The lowest BCUT2D eigenvalue weighted by atomic mass is 10.0. The van der Waals surface area contributed by atoms with E-state index in [2.05, 4.69) is 10.2 Å². The van der Waals surface area contributed by atoms with Gasteiger partial charge in [0, 0.05) is 12.6 Å². The van der Waals surface area contributed by atoms with Gasteiger partial charge in [-0.25, -0.2) is 8.42 Å². The maximum absolute atomic E-state index is 11.4. The Labute approximate surface area is 98.3 Å². The Bertz CT molecular complexity index is 321. The Balaban J connectivity index is 1.75. The molecule has 0 aromatic carbocycles. The highest BCUT2D eigenvalue weighted by Crippen LogP contribution is 2.21. The fourth-order valence-corrected chi connectivity index (χ4v) is 4.63. The fraction of sp³-hybridized carbons (Fsp3) is 1.00. The van der Waals surface area contributed by atoms with Gasteiger partial charge in [-0.3, -0.25) is 0 Å². The van der Waals surface area contributed by atoms with E-state index in [1.165, 1.54) is 12.8 Å². The van der Waals surface area contributed by atoms with Gasteiger partial charge in [-0.05, 0) is 45.3 Å². The Kier molecular flexibility index (Phi) is 3.87. The molecule has 2 aliphatic rings. The summed E-state index contributed by atoms with van der Waals surface area (Å²) in [5, 5.41) is 3.31. The van der Waals surface area contributed by atoms with Crippen molar-refractivity contribution >= 4 is 9.84 Å². The molecule has 1 N–H and O–H groups in total. The number of hydrogen-bond acceptors (Lipinski definition) is 4. The van der Waals surface area contributed by atoms with E-state index in [4.69, 9.17) is 0 Å². The van der Waals surface area contributed by atoms with Gasteiger partial charge in [0.05, 0.1) is 11.5 Å². The first-order valence-electron chi connectivity index (χ1n) is 6.19. The lowest BCUT2D eigenvalue weighted by Gasteiger charge is -2.33. The second kappa shape index (κ2) is 5.02. The molecule has 0 spiro atoms. The lowest BCUT2D eigenvalue weighted by Crippen LogP contribution is -2.43. The van der Waals surface area contributed by atoms with E-state index >= 15 is 0 Å². The molecule has 0 aromatic rings. The van der Waals surface area contributed by atoms with Crippen molar-refractivity contribution in [3.63, 3.8) is 0 Å². The number of nitrogens with one attached hydrogen (secondary N) is 1. The normalized spacial score (nSPS) is 31.9. The van der Waals surface area contributed by atoms with Crippen LogP contribution in [0.15, 0.2) is 0 Å². The van der Waals surface area contributed by atoms with Gasteiger partial charge in [-0.1, -0.05) is 0 Å². The Morgan fingerprint density at radius 3 is 2.44 bits per heavy atom. The van der Waals surface area contributed by atoms with Crippen LogP contribution in [-0.4, -0.2) is 57.5 Å². The van der Waals surface area contributed by atoms with Gasteiger partial charge in [0.2, 0.25) is 0 Å². The van der Waals surface area contributed by atoms with Crippen molar-refractivity contribution < 1.29 is 8.42 Å². The molecule has 5 heteroatoms. The van der Waals surface area contributed by atoms with Crippen LogP contribution in [0.25, 0.3) is 0 Å². The smallest absolute Gasteiger partial charge is 0.150 e. The molecule has 94 valence electrons. The van der Waals surface area contributed by atoms with Crippen LogP contribution < -0.4 is 5.32 Å².